The molecule has 0 aliphatic carbocycles. The van der Waals surface area contributed by atoms with E-state index in [4.69, 9.17) is 0 Å². The number of fused-ring (bicyclic) bond motifs is 1. The lowest BCUT2D eigenvalue weighted by molar-refractivity contribution is -0.132. The van der Waals surface area contributed by atoms with Crippen molar-refractivity contribution in [3.05, 3.63) is 70.3 Å². The Morgan fingerprint density at radius 1 is 1.06 bits per heavy atom. The molecule has 0 unspecified atom stereocenters. The van der Waals surface area contributed by atoms with Crippen molar-refractivity contribution >= 4 is 26.8 Å². The molecular weight excluding hydrogens is 430 g/mol. The van der Waals surface area contributed by atoms with E-state index in [1.54, 1.807) is 41.3 Å². The number of nitriles is 1. The number of rotatable bonds is 5. The first-order valence-electron chi connectivity index (χ1n) is 10.1. The number of H-pyrrole nitrogens is 1. The fraction of sp³-hybridized carbons (Fsp3) is 0.273. The molecule has 0 bridgehead atoms. The van der Waals surface area contributed by atoms with Crippen LogP contribution in [0.25, 0.3) is 10.9 Å². The van der Waals surface area contributed by atoms with Gasteiger partial charge >= 0.3 is 0 Å². The summed E-state index contributed by atoms with van der Waals surface area (Å²) in [4.78, 5) is 33.5. The van der Waals surface area contributed by atoms with Gasteiger partial charge < -0.3 is 9.88 Å². The summed E-state index contributed by atoms with van der Waals surface area (Å²) in [6, 6.07) is 15.0. The average molecular weight is 452 g/mol. The summed E-state index contributed by atoms with van der Waals surface area (Å²) in [6.07, 6.45) is 0.443. The molecular formula is C22H21N5O4S. The van der Waals surface area contributed by atoms with Gasteiger partial charge in [-0.3, -0.25) is 9.59 Å². The highest BCUT2D eigenvalue weighted by Crippen LogP contribution is 2.21. The molecule has 0 atom stereocenters. The maximum absolute atomic E-state index is 12.9. The monoisotopic (exact) mass is 451 g/mol. The third-order valence-electron chi connectivity index (χ3n) is 5.45. The lowest BCUT2D eigenvalue weighted by atomic mass is 10.2. The van der Waals surface area contributed by atoms with Crippen LogP contribution in [0, 0.1) is 11.3 Å². The van der Waals surface area contributed by atoms with E-state index in [2.05, 4.69) is 9.97 Å². The SMILES string of the molecule is N#Cc1ccccc1S(=O)(=O)N1CCN(C(=O)CCc2nc3ccccc3c(=O)[nH]2)CC1. The van der Waals surface area contributed by atoms with E-state index < -0.39 is 10.0 Å². The Labute approximate surface area is 185 Å². The zero-order chi connectivity index (χ0) is 22.7. The Hall–Kier alpha value is -3.55. The number of aromatic amines is 1. The van der Waals surface area contributed by atoms with Gasteiger partial charge in [0.05, 0.1) is 21.4 Å². The molecule has 1 fully saturated rings. The van der Waals surface area contributed by atoms with Gasteiger partial charge in [-0.15, -0.1) is 0 Å². The number of carbonyl (C=O) groups excluding carboxylic acids is 1. The first-order valence-corrected chi connectivity index (χ1v) is 11.6. The number of carbonyl (C=O) groups is 1. The normalized spacial score (nSPS) is 14.9. The molecule has 0 saturated carbocycles. The first-order chi connectivity index (χ1) is 15.4. The fourth-order valence-electron chi connectivity index (χ4n) is 3.74. The maximum atomic E-state index is 12.9. The van der Waals surface area contributed by atoms with Crippen molar-refractivity contribution in [1.82, 2.24) is 19.2 Å². The van der Waals surface area contributed by atoms with E-state index in [0.29, 0.717) is 16.7 Å². The van der Waals surface area contributed by atoms with Crippen LogP contribution in [-0.2, 0) is 21.2 Å². The number of hydrogen-bond donors (Lipinski definition) is 1. The number of aromatic nitrogens is 2. The van der Waals surface area contributed by atoms with Crippen molar-refractivity contribution in [2.75, 3.05) is 26.2 Å². The standard InChI is InChI=1S/C22H21N5O4S/c23-15-16-5-1-4-8-19(16)32(30,31)27-13-11-26(12-14-27)21(28)10-9-20-24-18-7-3-2-6-17(18)22(29)25-20/h1-8H,9-14H2,(H,24,25,29). The molecule has 32 heavy (non-hydrogen) atoms. The van der Waals surface area contributed by atoms with Gasteiger partial charge in [-0.25, -0.2) is 13.4 Å². The largest absolute Gasteiger partial charge is 0.340 e. The Kier molecular flexibility index (Phi) is 6.03. The summed E-state index contributed by atoms with van der Waals surface area (Å²) in [5.41, 5.74) is 0.438. The Morgan fingerprint density at radius 3 is 2.50 bits per heavy atom. The minimum absolute atomic E-state index is 0.0198. The van der Waals surface area contributed by atoms with Gasteiger partial charge in [0.1, 0.15) is 11.9 Å². The van der Waals surface area contributed by atoms with Gasteiger partial charge in [-0.1, -0.05) is 24.3 Å². The van der Waals surface area contributed by atoms with Gasteiger partial charge in [0, 0.05) is 39.0 Å². The predicted octanol–water partition coefficient (Wildman–Crippen LogP) is 1.26. The smallest absolute Gasteiger partial charge is 0.258 e. The number of hydrogen-bond acceptors (Lipinski definition) is 6. The second-order valence-corrected chi connectivity index (χ2v) is 9.33. The third-order valence-corrected chi connectivity index (χ3v) is 7.41. The fourth-order valence-corrected chi connectivity index (χ4v) is 5.30. The summed E-state index contributed by atoms with van der Waals surface area (Å²) in [7, 11) is -3.81. The highest BCUT2D eigenvalue weighted by Gasteiger charge is 2.31. The Bertz CT molecular complexity index is 1370. The van der Waals surface area contributed by atoms with Crippen LogP contribution in [0.5, 0.6) is 0 Å². The van der Waals surface area contributed by atoms with Crippen LogP contribution in [0.15, 0.2) is 58.2 Å². The molecule has 0 radical (unpaired) electrons. The topological polar surface area (TPSA) is 127 Å². The molecule has 2 heterocycles. The number of benzene rings is 2. The lowest BCUT2D eigenvalue weighted by Gasteiger charge is -2.34. The second-order valence-electron chi connectivity index (χ2n) is 7.42. The molecule has 1 aromatic heterocycles. The molecule has 0 spiro atoms. The van der Waals surface area contributed by atoms with Crippen molar-refractivity contribution in [3.8, 4) is 6.07 Å². The van der Waals surface area contributed by atoms with Gasteiger partial charge in [0.25, 0.3) is 5.56 Å². The summed E-state index contributed by atoms with van der Waals surface area (Å²) < 4.78 is 27.1. The van der Waals surface area contributed by atoms with Crippen molar-refractivity contribution in [2.24, 2.45) is 0 Å². The van der Waals surface area contributed by atoms with Crippen molar-refractivity contribution in [2.45, 2.75) is 17.7 Å². The van der Waals surface area contributed by atoms with Crippen LogP contribution in [0.4, 0.5) is 0 Å². The zero-order valence-corrected chi connectivity index (χ0v) is 18.0. The number of para-hydroxylation sites is 1. The van der Waals surface area contributed by atoms with Crippen molar-refractivity contribution < 1.29 is 13.2 Å². The Balaban J connectivity index is 1.38. The van der Waals surface area contributed by atoms with Crippen LogP contribution < -0.4 is 5.56 Å². The van der Waals surface area contributed by atoms with E-state index in [9.17, 15) is 23.3 Å². The molecule has 9 nitrogen and oxygen atoms in total. The molecule has 1 aliphatic heterocycles. The number of nitrogens with one attached hydrogen (secondary N) is 1. The molecule has 1 aliphatic rings. The number of sulfonamides is 1. The molecule has 4 rings (SSSR count). The minimum Gasteiger partial charge on any atom is -0.340 e. The summed E-state index contributed by atoms with van der Waals surface area (Å²) in [5.74, 6) is 0.312. The van der Waals surface area contributed by atoms with E-state index in [-0.39, 0.29) is 60.9 Å². The average Bonchev–Trinajstić information content (AvgIpc) is 2.82. The summed E-state index contributed by atoms with van der Waals surface area (Å²) in [5, 5.41) is 9.71. The van der Waals surface area contributed by atoms with Crippen LogP contribution in [-0.4, -0.2) is 59.7 Å². The minimum atomic E-state index is -3.81. The number of aryl methyl sites for hydroxylation is 1. The van der Waals surface area contributed by atoms with Gasteiger partial charge in [0.15, 0.2) is 0 Å². The Morgan fingerprint density at radius 2 is 1.75 bits per heavy atom. The molecule has 3 aromatic rings. The van der Waals surface area contributed by atoms with Crippen LogP contribution in [0.1, 0.15) is 17.8 Å². The molecule has 1 N–H and O–H groups in total. The van der Waals surface area contributed by atoms with E-state index in [1.807, 2.05) is 6.07 Å². The molecule has 2 aromatic carbocycles. The quantitative estimate of drug-likeness (QED) is 0.622. The van der Waals surface area contributed by atoms with E-state index in [1.165, 1.54) is 16.4 Å². The third kappa shape index (κ3) is 4.26. The van der Waals surface area contributed by atoms with E-state index in [0.717, 1.165) is 0 Å². The number of nitrogens with zero attached hydrogens (tertiary/aromatic N) is 4. The predicted molar refractivity (Wildman–Crippen MR) is 117 cm³/mol. The van der Waals surface area contributed by atoms with Crippen molar-refractivity contribution in [1.29, 1.82) is 5.26 Å². The lowest BCUT2D eigenvalue weighted by Crippen LogP contribution is -2.50. The summed E-state index contributed by atoms with van der Waals surface area (Å²) in [6.45, 7) is 0.820. The van der Waals surface area contributed by atoms with E-state index >= 15 is 0 Å². The maximum Gasteiger partial charge on any atom is 0.258 e. The van der Waals surface area contributed by atoms with Gasteiger partial charge in [-0.2, -0.15) is 9.57 Å². The molecule has 164 valence electrons. The highest BCUT2D eigenvalue weighted by molar-refractivity contribution is 7.89. The van der Waals surface area contributed by atoms with Gasteiger partial charge in [-0.05, 0) is 24.3 Å². The second kappa shape index (κ2) is 8.90. The molecule has 1 saturated heterocycles. The molecule has 10 heteroatoms. The number of amides is 1. The summed E-state index contributed by atoms with van der Waals surface area (Å²) >= 11 is 0. The highest BCUT2D eigenvalue weighted by atomic mass is 32.2. The van der Waals surface area contributed by atoms with Crippen LogP contribution >= 0.6 is 0 Å². The van der Waals surface area contributed by atoms with Gasteiger partial charge in [0.2, 0.25) is 15.9 Å². The van der Waals surface area contributed by atoms with Crippen LogP contribution in [0.2, 0.25) is 0 Å². The molecule has 1 amide bonds. The zero-order valence-electron chi connectivity index (χ0n) is 17.2. The first kappa shape index (κ1) is 21.7. The number of piperazine rings is 1. The van der Waals surface area contributed by atoms with Crippen LogP contribution in [0.3, 0.4) is 0 Å². The van der Waals surface area contributed by atoms with Crippen molar-refractivity contribution in [3.63, 3.8) is 0 Å².